The van der Waals surface area contributed by atoms with Gasteiger partial charge in [0.25, 0.3) is 0 Å². The maximum Gasteiger partial charge on any atom is 0.180 e. The van der Waals surface area contributed by atoms with E-state index in [1.165, 1.54) is 5.56 Å². The summed E-state index contributed by atoms with van der Waals surface area (Å²) in [7, 11) is 1.98. The van der Waals surface area contributed by atoms with Crippen molar-refractivity contribution in [2.45, 2.75) is 27.2 Å². The van der Waals surface area contributed by atoms with Crippen LogP contribution in [0.15, 0.2) is 18.6 Å². The van der Waals surface area contributed by atoms with E-state index >= 15 is 0 Å². The summed E-state index contributed by atoms with van der Waals surface area (Å²) in [6, 6.07) is 0. The van der Waals surface area contributed by atoms with Gasteiger partial charge in [0.2, 0.25) is 0 Å². The monoisotopic (exact) mass is 271 g/mol. The van der Waals surface area contributed by atoms with Crippen molar-refractivity contribution in [3.63, 3.8) is 0 Å². The van der Waals surface area contributed by atoms with Gasteiger partial charge >= 0.3 is 0 Å². The Kier molecular flexibility index (Phi) is 4.74. The lowest BCUT2D eigenvalue weighted by Gasteiger charge is -2.15. The molecule has 0 aliphatic carbocycles. The molecule has 20 heavy (non-hydrogen) atoms. The molecule has 106 valence electrons. The molecule has 1 N–H and O–H groups in total. The third kappa shape index (κ3) is 3.36. The van der Waals surface area contributed by atoms with Crippen LogP contribution in [-0.2, 0) is 6.42 Å². The van der Waals surface area contributed by atoms with E-state index in [0.717, 1.165) is 24.4 Å². The molecule has 5 heteroatoms. The van der Waals surface area contributed by atoms with E-state index in [1.54, 1.807) is 18.6 Å². The molecular formula is C15H21N5. The molecular weight excluding hydrogens is 250 g/mol. The van der Waals surface area contributed by atoms with Gasteiger partial charge in [-0.15, -0.1) is 0 Å². The second kappa shape index (κ2) is 6.52. The van der Waals surface area contributed by atoms with Crippen LogP contribution in [0.3, 0.4) is 0 Å². The van der Waals surface area contributed by atoms with Gasteiger partial charge in [-0.2, -0.15) is 0 Å². The van der Waals surface area contributed by atoms with E-state index in [2.05, 4.69) is 32.2 Å². The molecule has 0 aliphatic rings. The summed E-state index contributed by atoms with van der Waals surface area (Å²) in [5.41, 5.74) is 4.01. The van der Waals surface area contributed by atoms with E-state index in [0.29, 0.717) is 17.4 Å². The summed E-state index contributed by atoms with van der Waals surface area (Å²) in [4.78, 5) is 17.5. The van der Waals surface area contributed by atoms with Crippen molar-refractivity contribution in [1.82, 2.24) is 25.3 Å². The van der Waals surface area contributed by atoms with Crippen LogP contribution in [0.1, 0.15) is 23.9 Å². The van der Waals surface area contributed by atoms with Crippen molar-refractivity contribution < 1.29 is 0 Å². The number of nitrogens with zero attached hydrogens (tertiary/aromatic N) is 4. The Labute approximate surface area is 119 Å². The molecule has 0 radical (unpaired) electrons. The highest BCUT2D eigenvalue weighted by Crippen LogP contribution is 2.19. The van der Waals surface area contributed by atoms with Gasteiger partial charge in [0.05, 0.1) is 6.20 Å². The van der Waals surface area contributed by atoms with Gasteiger partial charge in [0, 0.05) is 23.8 Å². The first kappa shape index (κ1) is 14.5. The first-order valence-corrected chi connectivity index (χ1v) is 6.87. The Morgan fingerprint density at radius 3 is 2.40 bits per heavy atom. The molecule has 0 spiro atoms. The molecule has 0 bridgehead atoms. The van der Waals surface area contributed by atoms with Gasteiger partial charge in [-0.3, -0.25) is 4.98 Å². The maximum atomic E-state index is 4.58. The predicted molar refractivity (Wildman–Crippen MR) is 79.3 cm³/mol. The molecule has 0 saturated heterocycles. The third-order valence-electron chi connectivity index (χ3n) is 3.32. The highest BCUT2D eigenvalue weighted by Gasteiger charge is 2.13. The van der Waals surface area contributed by atoms with Gasteiger partial charge in [-0.25, -0.2) is 15.0 Å². The normalized spacial score (nSPS) is 12.4. The fourth-order valence-electron chi connectivity index (χ4n) is 2.33. The Balaban J connectivity index is 2.30. The van der Waals surface area contributed by atoms with Gasteiger partial charge < -0.3 is 5.32 Å². The molecule has 1 unspecified atom stereocenters. The fraction of sp³-hybridized carbons (Fsp3) is 0.467. The smallest absolute Gasteiger partial charge is 0.180 e. The molecule has 0 aromatic carbocycles. The molecule has 2 heterocycles. The van der Waals surface area contributed by atoms with Gasteiger partial charge in [0.15, 0.2) is 5.82 Å². The van der Waals surface area contributed by atoms with Crippen molar-refractivity contribution in [3.8, 4) is 11.5 Å². The number of aryl methyl sites for hydroxylation is 2. The Morgan fingerprint density at radius 1 is 1.15 bits per heavy atom. The van der Waals surface area contributed by atoms with E-state index in [-0.39, 0.29) is 0 Å². The van der Waals surface area contributed by atoms with Crippen LogP contribution < -0.4 is 5.32 Å². The average molecular weight is 271 g/mol. The van der Waals surface area contributed by atoms with Crippen molar-refractivity contribution >= 4 is 0 Å². The lowest BCUT2D eigenvalue weighted by atomic mass is 9.98. The minimum atomic E-state index is 0.559. The van der Waals surface area contributed by atoms with Crippen molar-refractivity contribution in [2.75, 3.05) is 13.6 Å². The van der Waals surface area contributed by atoms with Gasteiger partial charge in [-0.1, -0.05) is 6.92 Å². The zero-order chi connectivity index (χ0) is 14.5. The number of rotatable bonds is 5. The average Bonchev–Trinajstić information content (AvgIpc) is 2.44. The van der Waals surface area contributed by atoms with Gasteiger partial charge in [-0.05, 0) is 45.3 Å². The number of hydrogen-bond donors (Lipinski definition) is 1. The second-order valence-electron chi connectivity index (χ2n) is 5.15. The summed E-state index contributed by atoms with van der Waals surface area (Å²) in [5, 5.41) is 3.20. The Bertz CT molecular complexity index is 545. The summed E-state index contributed by atoms with van der Waals surface area (Å²) < 4.78 is 0. The van der Waals surface area contributed by atoms with E-state index in [9.17, 15) is 0 Å². The van der Waals surface area contributed by atoms with Crippen LogP contribution >= 0.6 is 0 Å². The van der Waals surface area contributed by atoms with Crippen LogP contribution in [0.5, 0.6) is 0 Å². The molecule has 2 aromatic heterocycles. The third-order valence-corrected chi connectivity index (χ3v) is 3.32. The highest BCUT2D eigenvalue weighted by molar-refractivity contribution is 5.48. The highest BCUT2D eigenvalue weighted by atomic mass is 14.9. The summed E-state index contributed by atoms with van der Waals surface area (Å²) in [5.74, 6) is 1.21. The zero-order valence-corrected chi connectivity index (χ0v) is 12.5. The standard InChI is InChI=1S/C15H21N5/c1-10(8-16-4)7-13-11(2)19-15(20-12(13)3)14-9-17-5-6-18-14/h5-6,9-10,16H,7-8H2,1-4H3. The molecule has 2 aromatic rings. The summed E-state index contributed by atoms with van der Waals surface area (Å²) >= 11 is 0. The SMILES string of the molecule is CNCC(C)Cc1c(C)nc(-c2cnccn2)nc1C. The Hall–Kier alpha value is -1.88. The summed E-state index contributed by atoms with van der Waals surface area (Å²) in [6.45, 7) is 7.29. The molecule has 5 nitrogen and oxygen atoms in total. The van der Waals surface area contributed by atoms with E-state index in [4.69, 9.17) is 0 Å². The quantitative estimate of drug-likeness (QED) is 0.900. The van der Waals surface area contributed by atoms with Crippen molar-refractivity contribution in [2.24, 2.45) is 5.92 Å². The lowest BCUT2D eigenvalue weighted by Crippen LogP contribution is -2.19. The first-order valence-electron chi connectivity index (χ1n) is 6.87. The molecule has 0 saturated carbocycles. The van der Waals surface area contributed by atoms with Crippen molar-refractivity contribution in [3.05, 3.63) is 35.5 Å². The maximum absolute atomic E-state index is 4.58. The Morgan fingerprint density at radius 2 is 1.85 bits per heavy atom. The van der Waals surface area contributed by atoms with E-state index in [1.807, 2.05) is 20.9 Å². The minimum absolute atomic E-state index is 0.559. The largest absolute Gasteiger partial charge is 0.319 e. The zero-order valence-electron chi connectivity index (χ0n) is 12.5. The topological polar surface area (TPSA) is 63.6 Å². The number of aromatic nitrogens is 4. The van der Waals surface area contributed by atoms with Crippen LogP contribution in [0.2, 0.25) is 0 Å². The lowest BCUT2D eigenvalue weighted by molar-refractivity contribution is 0.537. The summed E-state index contributed by atoms with van der Waals surface area (Å²) in [6.07, 6.45) is 5.99. The van der Waals surface area contributed by atoms with Crippen LogP contribution in [0, 0.1) is 19.8 Å². The molecule has 2 rings (SSSR count). The van der Waals surface area contributed by atoms with Crippen molar-refractivity contribution in [1.29, 1.82) is 0 Å². The first-order chi connectivity index (χ1) is 9.61. The molecule has 1 atom stereocenters. The molecule has 0 aliphatic heterocycles. The second-order valence-corrected chi connectivity index (χ2v) is 5.15. The fourth-order valence-corrected chi connectivity index (χ4v) is 2.33. The van der Waals surface area contributed by atoms with E-state index < -0.39 is 0 Å². The van der Waals surface area contributed by atoms with Gasteiger partial charge in [0.1, 0.15) is 5.69 Å². The number of nitrogens with one attached hydrogen (secondary N) is 1. The van der Waals surface area contributed by atoms with Crippen LogP contribution in [-0.4, -0.2) is 33.5 Å². The predicted octanol–water partition coefficient (Wildman–Crippen LogP) is 1.95. The van der Waals surface area contributed by atoms with Crippen LogP contribution in [0.4, 0.5) is 0 Å². The minimum Gasteiger partial charge on any atom is -0.319 e. The van der Waals surface area contributed by atoms with Crippen LogP contribution in [0.25, 0.3) is 11.5 Å². The molecule has 0 amide bonds. The number of hydrogen-bond acceptors (Lipinski definition) is 5. The molecule has 0 fully saturated rings.